The number of carboxylic acids is 1. The van der Waals surface area contributed by atoms with E-state index in [0.29, 0.717) is 0 Å². The summed E-state index contributed by atoms with van der Waals surface area (Å²) >= 11 is 0. The lowest BCUT2D eigenvalue weighted by atomic mass is 10.0. The van der Waals surface area contributed by atoms with Crippen LogP contribution in [0.15, 0.2) is 67.0 Å². The highest BCUT2D eigenvalue weighted by Crippen LogP contribution is 2.28. The van der Waals surface area contributed by atoms with E-state index in [1.54, 1.807) is 6.20 Å². The third-order valence-electron chi connectivity index (χ3n) is 4.93. The number of hydrogen-bond acceptors (Lipinski definition) is 6. The Labute approximate surface area is 183 Å². The van der Waals surface area contributed by atoms with E-state index in [0.717, 1.165) is 49.4 Å². The molecule has 0 aliphatic rings. The van der Waals surface area contributed by atoms with E-state index in [2.05, 4.69) is 52.0 Å². The van der Waals surface area contributed by atoms with Crippen molar-refractivity contribution in [2.45, 2.75) is 39.0 Å². The summed E-state index contributed by atoms with van der Waals surface area (Å²) in [7, 11) is 0. The summed E-state index contributed by atoms with van der Waals surface area (Å²) in [5, 5.41) is 15.3. The van der Waals surface area contributed by atoms with Crippen molar-refractivity contribution in [3.8, 4) is 11.1 Å². The number of hydrogen-bond donors (Lipinski definition) is 3. The molecule has 0 aliphatic carbocycles. The summed E-state index contributed by atoms with van der Waals surface area (Å²) in [6, 6.07) is 18.4. The molecule has 0 saturated heterocycles. The molecule has 4 N–H and O–H groups in total. The van der Waals surface area contributed by atoms with E-state index in [9.17, 15) is 4.79 Å². The Bertz CT molecular complexity index is 935. The molecule has 7 nitrogen and oxygen atoms in total. The molecule has 2 aromatic heterocycles. The quantitative estimate of drug-likeness (QED) is 0.313. The minimum Gasteiger partial charge on any atom is -0.481 e. The molecule has 0 amide bonds. The van der Waals surface area contributed by atoms with E-state index in [1.807, 2.05) is 36.5 Å². The molecule has 0 saturated carbocycles. The van der Waals surface area contributed by atoms with Crippen molar-refractivity contribution in [3.63, 3.8) is 0 Å². The van der Waals surface area contributed by atoms with Crippen molar-refractivity contribution >= 4 is 17.6 Å². The predicted octanol–water partition coefficient (Wildman–Crippen LogP) is 4.96. The van der Waals surface area contributed by atoms with Crippen LogP contribution in [0.4, 0.5) is 11.6 Å². The summed E-state index contributed by atoms with van der Waals surface area (Å²) in [4.78, 5) is 21.9. The maximum atomic E-state index is 10.7. The lowest BCUT2D eigenvalue weighted by molar-refractivity contribution is -0.137. The number of nitrogens with two attached hydrogens (primary N) is 1. The first-order chi connectivity index (χ1) is 15.1. The van der Waals surface area contributed by atoms with Gasteiger partial charge in [-0.15, -0.1) is 0 Å². The largest absolute Gasteiger partial charge is 0.481 e. The molecular weight excluding hydrogens is 392 g/mol. The number of carboxylic acid groups (broad SMARTS) is 1. The van der Waals surface area contributed by atoms with Gasteiger partial charge in [-0.2, -0.15) is 0 Å². The summed E-state index contributed by atoms with van der Waals surface area (Å²) in [5.41, 5.74) is 3.56. The van der Waals surface area contributed by atoms with Crippen LogP contribution < -0.4 is 10.8 Å². The highest BCUT2D eigenvalue weighted by Gasteiger charge is 2.13. The Hall–Kier alpha value is -3.29. The summed E-state index contributed by atoms with van der Waals surface area (Å²) in [5.74, 6) is 4.51. The van der Waals surface area contributed by atoms with Gasteiger partial charge in [-0.3, -0.25) is 4.79 Å². The third kappa shape index (κ3) is 7.47. The van der Waals surface area contributed by atoms with Crippen LogP contribution in [0.1, 0.15) is 37.7 Å². The van der Waals surface area contributed by atoms with Crippen LogP contribution in [0.25, 0.3) is 11.1 Å². The minimum absolute atomic E-state index is 0.240. The first kappa shape index (κ1) is 24.0. The van der Waals surface area contributed by atoms with Crippen molar-refractivity contribution in [1.82, 2.24) is 9.97 Å². The van der Waals surface area contributed by atoms with E-state index in [-0.39, 0.29) is 6.42 Å². The third-order valence-corrected chi connectivity index (χ3v) is 4.93. The van der Waals surface area contributed by atoms with E-state index in [1.165, 1.54) is 11.1 Å². The number of aromatic nitrogens is 2. The van der Waals surface area contributed by atoms with Gasteiger partial charge in [0.05, 0.1) is 0 Å². The summed E-state index contributed by atoms with van der Waals surface area (Å²) < 4.78 is 0. The van der Waals surface area contributed by atoms with Gasteiger partial charge in [0.1, 0.15) is 11.6 Å². The minimum atomic E-state index is -0.725. The molecule has 3 aromatic rings. The Morgan fingerprint density at radius 3 is 2.32 bits per heavy atom. The zero-order valence-corrected chi connectivity index (χ0v) is 17.8. The standard InChI is InChI=1S/C24H27N3O2.H3NO/c1-19-10-5-6-11-21(19)20-14-16-26-23(18-20)27(22-12-7-8-15-25-22)17-9-3-2-4-13-24(28)29;1-2/h5-8,10-12,14-16,18H,2-4,9,13,17H2,1H3,(H,28,29);2H,1H2. The smallest absolute Gasteiger partial charge is 0.303 e. The molecule has 0 bridgehead atoms. The molecule has 0 radical (unpaired) electrons. The van der Waals surface area contributed by atoms with Gasteiger partial charge in [0.15, 0.2) is 0 Å². The van der Waals surface area contributed by atoms with Gasteiger partial charge in [-0.05, 0) is 60.7 Å². The maximum absolute atomic E-state index is 10.7. The molecule has 164 valence electrons. The monoisotopic (exact) mass is 422 g/mol. The fourth-order valence-electron chi connectivity index (χ4n) is 3.39. The van der Waals surface area contributed by atoms with Crippen LogP contribution >= 0.6 is 0 Å². The van der Waals surface area contributed by atoms with Crippen LogP contribution in [0.3, 0.4) is 0 Å². The average Bonchev–Trinajstić information content (AvgIpc) is 2.81. The van der Waals surface area contributed by atoms with Gasteiger partial charge in [0.25, 0.3) is 0 Å². The highest BCUT2D eigenvalue weighted by molar-refractivity contribution is 5.71. The first-order valence-electron chi connectivity index (χ1n) is 10.3. The molecular formula is C24H30N4O3. The van der Waals surface area contributed by atoms with Gasteiger partial charge in [-0.25, -0.2) is 15.9 Å². The van der Waals surface area contributed by atoms with E-state index >= 15 is 0 Å². The SMILES string of the molecule is Cc1ccccc1-c1ccnc(N(CCCCCCC(=O)O)c2ccccn2)c1.NO. The van der Waals surface area contributed by atoms with Crippen LogP contribution in [-0.2, 0) is 4.79 Å². The van der Waals surface area contributed by atoms with Crippen LogP contribution in [0, 0.1) is 6.92 Å². The molecule has 0 unspecified atom stereocenters. The number of nitrogens with zero attached hydrogens (tertiary/aromatic N) is 3. The van der Waals surface area contributed by atoms with Crippen LogP contribution in [-0.4, -0.2) is 32.8 Å². The number of rotatable bonds is 10. The van der Waals surface area contributed by atoms with Crippen molar-refractivity contribution in [2.75, 3.05) is 11.4 Å². The lowest BCUT2D eigenvalue weighted by Crippen LogP contribution is -2.20. The highest BCUT2D eigenvalue weighted by atomic mass is 16.4. The topological polar surface area (TPSA) is 113 Å². The fraction of sp³-hybridized carbons (Fsp3) is 0.292. The Balaban J connectivity index is 0.00000166. The number of benzene rings is 1. The molecule has 0 spiro atoms. The van der Waals surface area contributed by atoms with Gasteiger partial charge in [-0.1, -0.05) is 43.2 Å². The number of anilines is 2. The number of aryl methyl sites for hydroxylation is 1. The molecule has 0 aliphatic heterocycles. The second-order valence-corrected chi connectivity index (χ2v) is 7.12. The normalized spacial score (nSPS) is 10.2. The fourth-order valence-corrected chi connectivity index (χ4v) is 3.39. The van der Waals surface area contributed by atoms with Gasteiger partial charge >= 0.3 is 5.97 Å². The number of aliphatic carboxylic acids is 1. The van der Waals surface area contributed by atoms with Gasteiger partial charge < -0.3 is 15.2 Å². The Morgan fingerprint density at radius 1 is 0.903 bits per heavy atom. The van der Waals surface area contributed by atoms with E-state index < -0.39 is 5.97 Å². The zero-order chi connectivity index (χ0) is 22.5. The first-order valence-corrected chi connectivity index (χ1v) is 10.3. The molecule has 1 aromatic carbocycles. The Morgan fingerprint density at radius 2 is 1.61 bits per heavy atom. The summed E-state index contributed by atoms with van der Waals surface area (Å²) in [6.07, 6.45) is 7.45. The zero-order valence-electron chi connectivity index (χ0n) is 17.8. The van der Waals surface area contributed by atoms with Crippen molar-refractivity contribution in [2.24, 2.45) is 5.90 Å². The van der Waals surface area contributed by atoms with E-state index in [4.69, 9.17) is 10.3 Å². The average molecular weight is 423 g/mol. The van der Waals surface area contributed by atoms with Gasteiger partial charge in [0.2, 0.25) is 0 Å². The van der Waals surface area contributed by atoms with Crippen LogP contribution in [0.5, 0.6) is 0 Å². The predicted molar refractivity (Wildman–Crippen MR) is 122 cm³/mol. The van der Waals surface area contributed by atoms with Crippen LogP contribution in [0.2, 0.25) is 0 Å². The second-order valence-electron chi connectivity index (χ2n) is 7.12. The lowest BCUT2D eigenvalue weighted by Gasteiger charge is -2.23. The number of unbranched alkanes of at least 4 members (excludes halogenated alkanes) is 3. The maximum Gasteiger partial charge on any atom is 0.303 e. The van der Waals surface area contributed by atoms with Crippen molar-refractivity contribution < 1.29 is 15.1 Å². The molecule has 0 fully saturated rings. The van der Waals surface area contributed by atoms with Crippen molar-refractivity contribution in [3.05, 3.63) is 72.6 Å². The summed E-state index contributed by atoms with van der Waals surface area (Å²) in [6.45, 7) is 2.90. The molecule has 3 rings (SSSR count). The van der Waals surface area contributed by atoms with Crippen molar-refractivity contribution in [1.29, 1.82) is 0 Å². The molecule has 7 heteroatoms. The number of carbonyl (C=O) groups is 1. The molecule has 2 heterocycles. The van der Waals surface area contributed by atoms with Gasteiger partial charge in [0, 0.05) is 25.4 Å². The second kappa shape index (κ2) is 13.1. The molecule has 31 heavy (non-hydrogen) atoms. The molecule has 0 atom stereocenters. The Kier molecular flexibility index (Phi) is 10.1. The number of pyridine rings is 2.